The summed E-state index contributed by atoms with van der Waals surface area (Å²) in [6.07, 6.45) is 0.816. The number of hydrogen-bond donors (Lipinski definition) is 1. The second-order valence-electron chi connectivity index (χ2n) is 5.13. The van der Waals surface area contributed by atoms with Crippen molar-refractivity contribution in [3.05, 3.63) is 45.3 Å². The minimum absolute atomic E-state index is 0.106. The molecule has 2 rings (SSSR count). The second-order valence-corrected chi connectivity index (χ2v) is 6.37. The number of benzene rings is 1. The van der Waals surface area contributed by atoms with Gasteiger partial charge >= 0.3 is 0 Å². The molecule has 0 saturated carbocycles. The van der Waals surface area contributed by atoms with Crippen LogP contribution < -0.4 is 5.32 Å². The highest BCUT2D eigenvalue weighted by Crippen LogP contribution is 2.30. The molecule has 1 heterocycles. The number of nitrogens with one attached hydrogen (secondary N) is 1. The monoisotopic (exact) mass is 374 g/mol. The minimum Gasteiger partial charge on any atom is -0.314 e. The normalized spacial score (nSPS) is 18.3. The first-order chi connectivity index (χ1) is 9.08. The molecule has 0 bridgehead atoms. The summed E-state index contributed by atoms with van der Waals surface area (Å²) in [5.41, 5.74) is 1.90. The maximum Gasteiger partial charge on any atom is 0.128 e. The summed E-state index contributed by atoms with van der Waals surface area (Å²) in [6.45, 7) is 9.88. The third-order valence-corrected chi connectivity index (χ3v) is 4.12. The first kappa shape index (κ1) is 14.9. The molecule has 1 aliphatic heterocycles. The summed E-state index contributed by atoms with van der Waals surface area (Å²) in [5.74, 6) is -0.106. The molecule has 1 aliphatic rings. The van der Waals surface area contributed by atoms with Crippen molar-refractivity contribution in [2.75, 3.05) is 26.2 Å². The van der Waals surface area contributed by atoms with E-state index in [2.05, 4.69) is 39.4 Å². The standard InChI is InChI=1S/C15H20FIN2/c1-11(2)9-15(19-7-5-18-6-8-19)13-10-12(17)3-4-14(13)16/h3-4,10,15,18H,1,5-9H2,2H3/t15-/m1/s1. The zero-order chi connectivity index (χ0) is 13.8. The van der Waals surface area contributed by atoms with Crippen LogP contribution in [0.1, 0.15) is 24.9 Å². The smallest absolute Gasteiger partial charge is 0.128 e. The second kappa shape index (κ2) is 6.81. The van der Waals surface area contributed by atoms with Gasteiger partial charge in [0, 0.05) is 41.4 Å². The van der Waals surface area contributed by atoms with E-state index in [0.717, 1.165) is 47.3 Å². The Labute approximate surface area is 128 Å². The van der Waals surface area contributed by atoms with Gasteiger partial charge in [0.25, 0.3) is 0 Å². The lowest BCUT2D eigenvalue weighted by molar-refractivity contribution is 0.169. The van der Waals surface area contributed by atoms with Crippen molar-refractivity contribution in [2.45, 2.75) is 19.4 Å². The fourth-order valence-corrected chi connectivity index (χ4v) is 3.04. The van der Waals surface area contributed by atoms with Crippen molar-refractivity contribution in [3.8, 4) is 0 Å². The molecule has 1 saturated heterocycles. The Morgan fingerprint density at radius 1 is 1.47 bits per heavy atom. The molecule has 0 spiro atoms. The van der Waals surface area contributed by atoms with Gasteiger partial charge in [0.15, 0.2) is 0 Å². The predicted octanol–water partition coefficient (Wildman–Crippen LogP) is 3.34. The first-order valence-corrected chi connectivity index (χ1v) is 7.70. The van der Waals surface area contributed by atoms with E-state index < -0.39 is 0 Å². The predicted molar refractivity (Wildman–Crippen MR) is 85.7 cm³/mol. The number of nitrogens with zero attached hydrogens (tertiary/aromatic N) is 1. The molecule has 0 aliphatic carbocycles. The van der Waals surface area contributed by atoms with Crippen molar-refractivity contribution in [1.29, 1.82) is 0 Å². The Bertz CT molecular complexity index is 455. The highest BCUT2D eigenvalue weighted by molar-refractivity contribution is 14.1. The van der Waals surface area contributed by atoms with Crippen LogP contribution in [0, 0.1) is 9.39 Å². The van der Waals surface area contributed by atoms with Crippen LogP contribution >= 0.6 is 22.6 Å². The van der Waals surface area contributed by atoms with Crippen molar-refractivity contribution >= 4 is 22.6 Å². The number of halogens is 2. The molecule has 2 nitrogen and oxygen atoms in total. The van der Waals surface area contributed by atoms with E-state index in [1.54, 1.807) is 6.07 Å². The lowest BCUT2D eigenvalue weighted by Crippen LogP contribution is -2.45. The maximum absolute atomic E-state index is 14.1. The van der Waals surface area contributed by atoms with Gasteiger partial charge in [0.05, 0.1) is 0 Å². The summed E-state index contributed by atoms with van der Waals surface area (Å²) in [4.78, 5) is 2.36. The molecule has 0 aromatic heterocycles. The van der Waals surface area contributed by atoms with Crippen LogP contribution in [0.2, 0.25) is 0 Å². The molecule has 1 aromatic carbocycles. The molecule has 0 unspecified atom stereocenters. The molecule has 0 radical (unpaired) electrons. The molecule has 19 heavy (non-hydrogen) atoms. The average Bonchev–Trinajstić information content (AvgIpc) is 2.40. The molecule has 4 heteroatoms. The van der Waals surface area contributed by atoms with E-state index >= 15 is 0 Å². The zero-order valence-electron chi connectivity index (χ0n) is 11.3. The Hall–Kier alpha value is -0.460. The van der Waals surface area contributed by atoms with E-state index in [9.17, 15) is 4.39 Å². The Kier molecular flexibility index (Phi) is 5.36. The van der Waals surface area contributed by atoms with Crippen LogP contribution in [-0.2, 0) is 0 Å². The Morgan fingerprint density at radius 2 is 2.16 bits per heavy atom. The summed E-state index contributed by atoms with van der Waals surface area (Å²) in [6, 6.07) is 5.46. The van der Waals surface area contributed by atoms with Crippen molar-refractivity contribution in [2.24, 2.45) is 0 Å². The van der Waals surface area contributed by atoms with E-state index in [1.807, 2.05) is 19.1 Å². The molecule has 1 atom stereocenters. The van der Waals surface area contributed by atoms with Gasteiger partial charge in [-0.1, -0.05) is 5.57 Å². The largest absolute Gasteiger partial charge is 0.314 e. The van der Waals surface area contributed by atoms with Gasteiger partial charge in [0.2, 0.25) is 0 Å². The third-order valence-electron chi connectivity index (χ3n) is 3.45. The lowest BCUT2D eigenvalue weighted by atomic mass is 9.97. The van der Waals surface area contributed by atoms with Crippen LogP contribution in [-0.4, -0.2) is 31.1 Å². The summed E-state index contributed by atoms with van der Waals surface area (Å²) < 4.78 is 15.2. The van der Waals surface area contributed by atoms with Gasteiger partial charge in [-0.15, -0.1) is 6.58 Å². The zero-order valence-corrected chi connectivity index (χ0v) is 13.4. The van der Waals surface area contributed by atoms with Crippen LogP contribution in [0.5, 0.6) is 0 Å². The van der Waals surface area contributed by atoms with E-state index in [0.29, 0.717) is 0 Å². The highest BCUT2D eigenvalue weighted by atomic mass is 127. The summed E-state index contributed by atoms with van der Waals surface area (Å²) >= 11 is 2.24. The summed E-state index contributed by atoms with van der Waals surface area (Å²) in [7, 11) is 0. The van der Waals surface area contributed by atoms with Gasteiger partial charge in [-0.3, -0.25) is 4.90 Å². The SMILES string of the molecule is C=C(C)C[C@H](c1cc(I)ccc1F)N1CCNCC1. The van der Waals surface area contributed by atoms with Gasteiger partial charge in [-0.05, 0) is 54.1 Å². The molecular weight excluding hydrogens is 354 g/mol. The topological polar surface area (TPSA) is 15.3 Å². The highest BCUT2D eigenvalue weighted by Gasteiger charge is 2.24. The molecule has 104 valence electrons. The number of hydrogen-bond acceptors (Lipinski definition) is 2. The third kappa shape index (κ3) is 4.00. The van der Waals surface area contributed by atoms with Gasteiger partial charge < -0.3 is 5.32 Å². The lowest BCUT2D eigenvalue weighted by Gasteiger charge is -2.35. The quantitative estimate of drug-likeness (QED) is 0.643. The average molecular weight is 374 g/mol. The molecular formula is C15H20FIN2. The maximum atomic E-state index is 14.1. The van der Waals surface area contributed by atoms with Gasteiger partial charge in [-0.25, -0.2) is 4.39 Å². The Morgan fingerprint density at radius 3 is 2.79 bits per heavy atom. The van der Waals surface area contributed by atoms with Crippen LogP contribution in [0.4, 0.5) is 4.39 Å². The van der Waals surface area contributed by atoms with E-state index in [-0.39, 0.29) is 11.9 Å². The molecule has 1 aromatic rings. The van der Waals surface area contributed by atoms with Crippen LogP contribution in [0.15, 0.2) is 30.4 Å². The minimum atomic E-state index is -0.106. The van der Waals surface area contributed by atoms with Crippen molar-refractivity contribution in [1.82, 2.24) is 10.2 Å². The van der Waals surface area contributed by atoms with Crippen molar-refractivity contribution < 1.29 is 4.39 Å². The van der Waals surface area contributed by atoms with Crippen LogP contribution in [0.3, 0.4) is 0 Å². The summed E-state index contributed by atoms with van der Waals surface area (Å²) in [5, 5.41) is 3.34. The molecule has 1 fully saturated rings. The van der Waals surface area contributed by atoms with Crippen molar-refractivity contribution in [3.63, 3.8) is 0 Å². The Balaban J connectivity index is 2.29. The first-order valence-electron chi connectivity index (χ1n) is 6.62. The number of piperazine rings is 1. The van der Waals surface area contributed by atoms with Gasteiger partial charge in [-0.2, -0.15) is 0 Å². The molecule has 0 amide bonds. The van der Waals surface area contributed by atoms with Crippen LogP contribution in [0.25, 0.3) is 0 Å². The fraction of sp³-hybridized carbons (Fsp3) is 0.467. The van der Waals surface area contributed by atoms with Gasteiger partial charge in [0.1, 0.15) is 5.82 Å². The van der Waals surface area contributed by atoms with E-state index in [4.69, 9.17) is 0 Å². The number of rotatable bonds is 4. The molecule has 1 N–H and O–H groups in total. The fourth-order valence-electron chi connectivity index (χ4n) is 2.53. The van der Waals surface area contributed by atoms with E-state index in [1.165, 1.54) is 0 Å².